The van der Waals surface area contributed by atoms with E-state index in [-0.39, 0.29) is 0 Å². The summed E-state index contributed by atoms with van der Waals surface area (Å²) in [6.07, 6.45) is 4.79. The number of aliphatic carboxylic acids is 1. The summed E-state index contributed by atoms with van der Waals surface area (Å²) in [6, 6.07) is 0. The Kier molecular flexibility index (Phi) is 4.48. The Morgan fingerprint density at radius 3 is 1.58 bits per heavy atom. The molecule has 2 aliphatic rings. The summed E-state index contributed by atoms with van der Waals surface area (Å²) in [5.74, 6) is -1.97. The van der Waals surface area contributed by atoms with Crippen LogP contribution in [0, 0.1) is 11.8 Å². The van der Waals surface area contributed by atoms with Gasteiger partial charge in [0.05, 0.1) is 12.2 Å². The highest BCUT2D eigenvalue weighted by Gasteiger charge is 2.53. The minimum absolute atomic E-state index is 0.448. The van der Waals surface area contributed by atoms with Crippen LogP contribution in [0.5, 0.6) is 0 Å². The molecule has 0 heterocycles. The quantitative estimate of drug-likeness (QED) is 0.610. The van der Waals surface area contributed by atoms with E-state index >= 15 is 0 Å². The molecule has 0 saturated heterocycles. The van der Waals surface area contributed by atoms with Crippen molar-refractivity contribution in [1.29, 1.82) is 0 Å². The number of aliphatic hydroxyl groups is 2. The molecule has 5 N–H and O–H groups in total. The van der Waals surface area contributed by atoms with Crippen molar-refractivity contribution in [2.75, 3.05) is 0 Å². The third kappa shape index (κ3) is 2.64. The maximum atomic E-state index is 11.8. The van der Waals surface area contributed by atoms with E-state index in [1.165, 1.54) is 0 Å². The third-order valence-electron chi connectivity index (χ3n) is 5.06. The van der Waals surface area contributed by atoms with Crippen molar-refractivity contribution in [2.24, 2.45) is 17.6 Å². The molecule has 0 bridgehead atoms. The molecule has 4 unspecified atom stereocenters. The van der Waals surface area contributed by atoms with E-state index in [0.29, 0.717) is 25.7 Å². The molecular formula is C14H25NO4. The van der Waals surface area contributed by atoms with Crippen molar-refractivity contribution in [3.05, 3.63) is 0 Å². The number of nitrogens with two attached hydrogens (primary N) is 1. The Balaban J connectivity index is 2.27. The summed E-state index contributed by atoms with van der Waals surface area (Å²) < 4.78 is 0. The maximum absolute atomic E-state index is 11.8. The predicted molar refractivity (Wildman–Crippen MR) is 70.5 cm³/mol. The Labute approximate surface area is 113 Å². The second kappa shape index (κ2) is 5.77. The molecular weight excluding hydrogens is 246 g/mol. The Morgan fingerprint density at radius 2 is 1.26 bits per heavy atom. The zero-order valence-electron chi connectivity index (χ0n) is 11.3. The first-order valence-electron chi connectivity index (χ1n) is 7.36. The fourth-order valence-corrected chi connectivity index (χ4v) is 3.93. The van der Waals surface area contributed by atoms with E-state index in [9.17, 15) is 20.1 Å². The molecule has 0 aromatic carbocycles. The zero-order valence-corrected chi connectivity index (χ0v) is 11.3. The van der Waals surface area contributed by atoms with Gasteiger partial charge < -0.3 is 21.1 Å². The van der Waals surface area contributed by atoms with Gasteiger partial charge in [0.1, 0.15) is 5.54 Å². The lowest BCUT2D eigenvalue weighted by atomic mass is 9.63. The van der Waals surface area contributed by atoms with Gasteiger partial charge in [-0.15, -0.1) is 0 Å². The Morgan fingerprint density at radius 1 is 0.895 bits per heavy atom. The van der Waals surface area contributed by atoms with Gasteiger partial charge in [-0.1, -0.05) is 25.7 Å². The smallest absolute Gasteiger partial charge is 0.324 e. The van der Waals surface area contributed by atoms with Gasteiger partial charge in [-0.25, -0.2) is 0 Å². The summed E-state index contributed by atoms with van der Waals surface area (Å²) in [5.41, 5.74) is 4.75. The third-order valence-corrected chi connectivity index (χ3v) is 5.06. The lowest BCUT2D eigenvalue weighted by Gasteiger charge is -2.46. The van der Waals surface area contributed by atoms with Crippen LogP contribution in [0.3, 0.4) is 0 Å². The van der Waals surface area contributed by atoms with Crippen molar-refractivity contribution >= 4 is 5.97 Å². The molecule has 0 aromatic heterocycles. The monoisotopic (exact) mass is 271 g/mol. The van der Waals surface area contributed by atoms with Gasteiger partial charge in [0.2, 0.25) is 0 Å². The van der Waals surface area contributed by atoms with Crippen LogP contribution in [0.15, 0.2) is 0 Å². The first-order valence-corrected chi connectivity index (χ1v) is 7.36. The van der Waals surface area contributed by atoms with Gasteiger partial charge in [-0.3, -0.25) is 4.79 Å². The van der Waals surface area contributed by atoms with Gasteiger partial charge in [-0.2, -0.15) is 0 Å². The van der Waals surface area contributed by atoms with Crippen LogP contribution in [-0.2, 0) is 4.79 Å². The van der Waals surface area contributed by atoms with E-state index in [4.69, 9.17) is 5.73 Å². The molecule has 0 aromatic rings. The van der Waals surface area contributed by atoms with Gasteiger partial charge in [0.25, 0.3) is 0 Å². The molecule has 4 atom stereocenters. The van der Waals surface area contributed by atoms with Gasteiger partial charge in [-0.05, 0) is 25.7 Å². The van der Waals surface area contributed by atoms with Crippen LogP contribution >= 0.6 is 0 Å². The average molecular weight is 271 g/mol. The van der Waals surface area contributed by atoms with Crippen molar-refractivity contribution in [1.82, 2.24) is 0 Å². The van der Waals surface area contributed by atoms with Gasteiger partial charge in [0, 0.05) is 11.8 Å². The SMILES string of the molecule is NC(C(=O)O)(C1CCCCC1O)C1CCCCC1O. The summed E-state index contributed by atoms with van der Waals surface area (Å²) in [5, 5.41) is 29.9. The van der Waals surface area contributed by atoms with Crippen LogP contribution in [0.1, 0.15) is 51.4 Å². The number of carbonyl (C=O) groups is 1. The number of aliphatic hydroxyl groups excluding tert-OH is 2. The fraction of sp³-hybridized carbons (Fsp3) is 0.929. The fourth-order valence-electron chi connectivity index (χ4n) is 3.93. The van der Waals surface area contributed by atoms with Crippen molar-refractivity contribution in [3.63, 3.8) is 0 Å². The molecule has 0 radical (unpaired) electrons. The molecule has 2 aliphatic carbocycles. The highest BCUT2D eigenvalue weighted by atomic mass is 16.4. The minimum atomic E-state index is -1.50. The molecule has 0 spiro atoms. The van der Waals surface area contributed by atoms with Crippen molar-refractivity contribution < 1.29 is 20.1 Å². The molecule has 2 rings (SSSR count). The second-order valence-corrected chi connectivity index (χ2v) is 6.15. The van der Waals surface area contributed by atoms with Crippen LogP contribution in [-0.4, -0.2) is 39.0 Å². The summed E-state index contributed by atoms with van der Waals surface area (Å²) in [7, 11) is 0. The number of rotatable bonds is 3. The summed E-state index contributed by atoms with van der Waals surface area (Å²) in [6.45, 7) is 0. The van der Waals surface area contributed by atoms with E-state index in [0.717, 1.165) is 25.7 Å². The van der Waals surface area contributed by atoms with E-state index in [1.54, 1.807) is 0 Å². The molecule has 19 heavy (non-hydrogen) atoms. The molecule has 2 fully saturated rings. The largest absolute Gasteiger partial charge is 0.480 e. The second-order valence-electron chi connectivity index (χ2n) is 6.15. The Hall–Kier alpha value is -0.650. The highest BCUT2D eigenvalue weighted by molar-refractivity contribution is 5.79. The minimum Gasteiger partial charge on any atom is -0.480 e. The van der Waals surface area contributed by atoms with Crippen LogP contribution in [0.4, 0.5) is 0 Å². The molecule has 0 amide bonds. The number of hydrogen-bond donors (Lipinski definition) is 4. The van der Waals surface area contributed by atoms with Crippen molar-refractivity contribution in [3.8, 4) is 0 Å². The zero-order chi connectivity index (χ0) is 14.0. The number of hydrogen-bond acceptors (Lipinski definition) is 4. The maximum Gasteiger partial charge on any atom is 0.324 e. The molecule has 5 nitrogen and oxygen atoms in total. The van der Waals surface area contributed by atoms with Crippen LogP contribution < -0.4 is 5.73 Å². The predicted octanol–water partition coefficient (Wildman–Crippen LogP) is 0.871. The normalized spacial score (nSPS) is 39.5. The molecule has 110 valence electrons. The van der Waals surface area contributed by atoms with Gasteiger partial charge in [0.15, 0.2) is 0 Å². The Bertz CT molecular complexity index is 311. The lowest BCUT2D eigenvalue weighted by Crippen LogP contribution is -2.65. The highest BCUT2D eigenvalue weighted by Crippen LogP contribution is 2.41. The van der Waals surface area contributed by atoms with E-state index in [2.05, 4.69) is 0 Å². The first-order chi connectivity index (χ1) is 8.98. The van der Waals surface area contributed by atoms with Gasteiger partial charge >= 0.3 is 5.97 Å². The average Bonchev–Trinajstić information content (AvgIpc) is 2.38. The lowest BCUT2D eigenvalue weighted by molar-refractivity contribution is -0.157. The molecule has 0 aliphatic heterocycles. The summed E-state index contributed by atoms with van der Waals surface area (Å²) >= 11 is 0. The first kappa shape index (κ1) is 14.8. The van der Waals surface area contributed by atoms with Crippen LogP contribution in [0.25, 0.3) is 0 Å². The number of carboxylic acid groups (broad SMARTS) is 1. The molecule has 2 saturated carbocycles. The molecule has 5 heteroatoms. The van der Waals surface area contributed by atoms with E-state index in [1.807, 2.05) is 0 Å². The van der Waals surface area contributed by atoms with Crippen LogP contribution in [0.2, 0.25) is 0 Å². The number of carboxylic acids is 1. The topological polar surface area (TPSA) is 104 Å². The van der Waals surface area contributed by atoms with Crippen molar-refractivity contribution in [2.45, 2.75) is 69.1 Å². The summed E-state index contributed by atoms with van der Waals surface area (Å²) in [4.78, 5) is 11.8. The standard InChI is InChI=1S/C14H25NO4/c15-14(13(18)19,9-5-1-3-7-11(9)16)10-6-2-4-8-12(10)17/h9-12,16-17H,1-8,15H2,(H,18,19). The van der Waals surface area contributed by atoms with E-state index < -0.39 is 35.6 Å².